The average molecular weight is 159 g/mol. The molecule has 0 bridgehead atoms. The third-order valence-corrected chi connectivity index (χ3v) is 1.03. The first kappa shape index (κ1) is 9.48. The number of amides is 1. The van der Waals surface area contributed by atoms with Crippen LogP contribution in [0.3, 0.4) is 0 Å². The Bertz CT molecular complexity index is 177. The molecule has 62 valence electrons. The molecule has 2 N–H and O–H groups in total. The minimum absolute atomic E-state index is 0.0613. The van der Waals surface area contributed by atoms with Crippen LogP contribution in [0.4, 0.5) is 4.79 Å². The molecule has 0 saturated heterocycles. The van der Waals surface area contributed by atoms with E-state index in [2.05, 4.69) is 6.58 Å². The lowest BCUT2D eigenvalue weighted by Gasteiger charge is -2.10. The first-order valence-electron chi connectivity index (χ1n) is 2.92. The molecule has 0 heterocycles. The van der Waals surface area contributed by atoms with E-state index in [4.69, 9.17) is 10.2 Å². The van der Waals surface area contributed by atoms with Crippen molar-refractivity contribution in [3.05, 3.63) is 12.8 Å². The van der Waals surface area contributed by atoms with E-state index in [0.717, 1.165) is 11.1 Å². The van der Waals surface area contributed by atoms with Gasteiger partial charge < -0.3 is 10.2 Å². The summed E-state index contributed by atoms with van der Waals surface area (Å²) in [5.74, 6) is -1.03. The van der Waals surface area contributed by atoms with E-state index in [-0.39, 0.29) is 13.0 Å². The fourth-order valence-corrected chi connectivity index (χ4v) is 0.481. The molecular formula is C6H9NO4. The number of nitrogens with zero attached hydrogens (tertiary/aromatic N) is 1. The fourth-order valence-electron chi connectivity index (χ4n) is 0.481. The van der Waals surface area contributed by atoms with Crippen LogP contribution in [-0.4, -0.2) is 33.7 Å². The van der Waals surface area contributed by atoms with Gasteiger partial charge in [-0.25, -0.2) is 4.79 Å². The summed E-state index contributed by atoms with van der Waals surface area (Å²) in [4.78, 5) is 21.0. The van der Waals surface area contributed by atoms with E-state index < -0.39 is 12.1 Å². The highest BCUT2D eigenvalue weighted by atomic mass is 16.4. The van der Waals surface area contributed by atoms with Crippen LogP contribution in [0, 0.1) is 0 Å². The average Bonchev–Trinajstić information content (AvgIpc) is 1.87. The third-order valence-electron chi connectivity index (χ3n) is 1.03. The van der Waals surface area contributed by atoms with E-state index in [9.17, 15) is 9.59 Å². The van der Waals surface area contributed by atoms with Crippen molar-refractivity contribution in [1.82, 2.24) is 4.90 Å². The van der Waals surface area contributed by atoms with Crippen molar-refractivity contribution >= 4 is 12.1 Å². The van der Waals surface area contributed by atoms with E-state index >= 15 is 0 Å². The van der Waals surface area contributed by atoms with Crippen molar-refractivity contribution in [2.75, 3.05) is 6.54 Å². The van der Waals surface area contributed by atoms with Gasteiger partial charge in [0.1, 0.15) is 0 Å². The van der Waals surface area contributed by atoms with Gasteiger partial charge in [-0.1, -0.05) is 6.58 Å². The van der Waals surface area contributed by atoms with E-state index in [1.54, 1.807) is 0 Å². The van der Waals surface area contributed by atoms with Gasteiger partial charge in [0.15, 0.2) is 0 Å². The van der Waals surface area contributed by atoms with E-state index in [0.29, 0.717) is 0 Å². The Balaban J connectivity index is 3.79. The topological polar surface area (TPSA) is 77.8 Å². The lowest BCUT2D eigenvalue weighted by Crippen LogP contribution is -2.25. The van der Waals surface area contributed by atoms with Crippen LogP contribution in [0.15, 0.2) is 12.8 Å². The van der Waals surface area contributed by atoms with E-state index in [1.165, 1.54) is 0 Å². The maximum absolute atomic E-state index is 10.2. The quantitative estimate of drug-likeness (QED) is 0.629. The standard InChI is InChI=1S/C6H9NO4/c1-2-7(6(10)11)4-3-5(8)9/h2H,1,3-4H2,(H,8,9)(H,10,11). The Morgan fingerprint density at radius 2 is 2.00 bits per heavy atom. The Kier molecular flexibility index (Phi) is 3.72. The van der Waals surface area contributed by atoms with Gasteiger partial charge in [-0.3, -0.25) is 9.69 Å². The van der Waals surface area contributed by atoms with Crippen LogP contribution >= 0.6 is 0 Å². The number of carbonyl (C=O) groups is 2. The molecule has 0 aliphatic carbocycles. The normalized spacial score (nSPS) is 8.73. The van der Waals surface area contributed by atoms with Crippen molar-refractivity contribution in [3.8, 4) is 0 Å². The highest BCUT2D eigenvalue weighted by Crippen LogP contribution is 1.92. The maximum Gasteiger partial charge on any atom is 0.411 e. The van der Waals surface area contributed by atoms with Crippen LogP contribution < -0.4 is 0 Å². The number of carboxylic acids is 1. The number of carboxylic acid groups (broad SMARTS) is 2. The zero-order valence-electron chi connectivity index (χ0n) is 5.86. The van der Waals surface area contributed by atoms with Gasteiger partial charge in [0.25, 0.3) is 0 Å². The molecule has 0 aromatic rings. The Morgan fingerprint density at radius 3 is 2.27 bits per heavy atom. The predicted molar refractivity (Wildman–Crippen MR) is 37.2 cm³/mol. The zero-order chi connectivity index (χ0) is 8.85. The molecule has 0 spiro atoms. The lowest BCUT2D eigenvalue weighted by atomic mass is 10.4. The first-order chi connectivity index (χ1) is 5.07. The minimum atomic E-state index is -1.19. The molecule has 0 atom stereocenters. The SMILES string of the molecule is C=CN(CCC(=O)O)C(=O)O. The minimum Gasteiger partial charge on any atom is -0.481 e. The molecule has 0 fully saturated rings. The highest BCUT2D eigenvalue weighted by molar-refractivity contribution is 5.70. The summed E-state index contributed by atoms with van der Waals surface area (Å²) in [5, 5.41) is 16.5. The summed E-state index contributed by atoms with van der Waals surface area (Å²) in [6, 6.07) is 0. The molecule has 1 amide bonds. The largest absolute Gasteiger partial charge is 0.481 e. The summed E-state index contributed by atoms with van der Waals surface area (Å²) in [7, 11) is 0. The molecule has 0 saturated carbocycles. The van der Waals surface area contributed by atoms with Crippen LogP contribution in [-0.2, 0) is 4.79 Å². The van der Waals surface area contributed by atoms with Gasteiger partial charge in [-0.2, -0.15) is 0 Å². The van der Waals surface area contributed by atoms with Gasteiger partial charge in [0, 0.05) is 12.7 Å². The van der Waals surface area contributed by atoms with Crippen molar-refractivity contribution in [3.63, 3.8) is 0 Å². The van der Waals surface area contributed by atoms with Crippen molar-refractivity contribution in [2.45, 2.75) is 6.42 Å². The Hall–Kier alpha value is -1.52. The van der Waals surface area contributed by atoms with Crippen molar-refractivity contribution < 1.29 is 19.8 Å². The predicted octanol–water partition coefficient (Wildman–Crippen LogP) is 0.585. The summed E-state index contributed by atoms with van der Waals surface area (Å²) in [6.07, 6.45) is -0.329. The Morgan fingerprint density at radius 1 is 1.45 bits per heavy atom. The smallest absolute Gasteiger partial charge is 0.411 e. The van der Waals surface area contributed by atoms with Crippen LogP contribution in [0.5, 0.6) is 0 Å². The molecule has 0 aliphatic heterocycles. The molecule has 5 nitrogen and oxygen atoms in total. The van der Waals surface area contributed by atoms with Gasteiger partial charge in [-0.15, -0.1) is 0 Å². The second kappa shape index (κ2) is 4.32. The van der Waals surface area contributed by atoms with Crippen LogP contribution in [0.25, 0.3) is 0 Å². The molecule has 0 aromatic carbocycles. The molecule has 0 aromatic heterocycles. The highest BCUT2D eigenvalue weighted by Gasteiger charge is 2.08. The van der Waals surface area contributed by atoms with Crippen molar-refractivity contribution in [1.29, 1.82) is 0 Å². The first-order valence-corrected chi connectivity index (χ1v) is 2.92. The molecule has 0 aliphatic rings. The second-order valence-electron chi connectivity index (χ2n) is 1.80. The fraction of sp³-hybridized carbons (Fsp3) is 0.333. The van der Waals surface area contributed by atoms with Crippen LogP contribution in [0.2, 0.25) is 0 Å². The van der Waals surface area contributed by atoms with Gasteiger partial charge in [0.2, 0.25) is 0 Å². The third kappa shape index (κ3) is 3.96. The molecule has 11 heavy (non-hydrogen) atoms. The molecule has 0 unspecified atom stereocenters. The molecular weight excluding hydrogens is 150 g/mol. The number of hydrogen-bond donors (Lipinski definition) is 2. The molecule has 0 radical (unpaired) electrons. The summed E-state index contributed by atoms with van der Waals surface area (Å²) in [6.45, 7) is 3.15. The number of hydrogen-bond acceptors (Lipinski definition) is 2. The zero-order valence-corrected chi connectivity index (χ0v) is 5.86. The van der Waals surface area contributed by atoms with Crippen LogP contribution in [0.1, 0.15) is 6.42 Å². The van der Waals surface area contributed by atoms with E-state index in [1.807, 2.05) is 0 Å². The summed E-state index contributed by atoms with van der Waals surface area (Å²) in [5.41, 5.74) is 0. The Labute approximate surface area is 63.5 Å². The number of aliphatic carboxylic acids is 1. The number of rotatable bonds is 4. The van der Waals surface area contributed by atoms with Gasteiger partial charge in [-0.05, 0) is 0 Å². The van der Waals surface area contributed by atoms with Crippen molar-refractivity contribution in [2.24, 2.45) is 0 Å². The second-order valence-corrected chi connectivity index (χ2v) is 1.80. The summed E-state index contributed by atoms with van der Waals surface area (Å²) >= 11 is 0. The monoisotopic (exact) mass is 159 g/mol. The van der Waals surface area contributed by atoms with Gasteiger partial charge in [0.05, 0.1) is 6.42 Å². The maximum atomic E-state index is 10.2. The molecule has 5 heteroatoms. The van der Waals surface area contributed by atoms with Gasteiger partial charge >= 0.3 is 12.1 Å². The lowest BCUT2D eigenvalue weighted by molar-refractivity contribution is -0.137. The molecule has 0 rings (SSSR count). The summed E-state index contributed by atoms with van der Waals surface area (Å²) < 4.78 is 0.